The van der Waals surface area contributed by atoms with Crippen molar-refractivity contribution in [1.29, 1.82) is 0 Å². The van der Waals surface area contributed by atoms with Crippen molar-refractivity contribution in [3.63, 3.8) is 0 Å². The minimum Gasteiger partial charge on any atom is -0.481 e. The molecular formula is C12H24N2O3. The van der Waals surface area contributed by atoms with Gasteiger partial charge in [-0.15, -0.1) is 0 Å². The van der Waals surface area contributed by atoms with Crippen molar-refractivity contribution < 1.29 is 14.7 Å². The summed E-state index contributed by atoms with van der Waals surface area (Å²) in [4.78, 5) is 23.6. The van der Waals surface area contributed by atoms with Gasteiger partial charge in [0.2, 0.25) is 5.91 Å². The van der Waals surface area contributed by atoms with E-state index in [0.717, 1.165) is 6.54 Å². The Hall–Kier alpha value is -1.10. The van der Waals surface area contributed by atoms with Gasteiger partial charge in [-0.2, -0.15) is 0 Å². The van der Waals surface area contributed by atoms with Crippen LogP contribution in [0.15, 0.2) is 0 Å². The van der Waals surface area contributed by atoms with E-state index in [-0.39, 0.29) is 11.8 Å². The van der Waals surface area contributed by atoms with E-state index >= 15 is 0 Å². The lowest BCUT2D eigenvalue weighted by atomic mass is 10.1. The number of carbonyl (C=O) groups excluding carboxylic acids is 1. The van der Waals surface area contributed by atoms with Crippen molar-refractivity contribution in [3.8, 4) is 0 Å². The molecule has 0 aliphatic rings. The van der Waals surface area contributed by atoms with Gasteiger partial charge in [-0.3, -0.25) is 9.59 Å². The Labute approximate surface area is 103 Å². The van der Waals surface area contributed by atoms with E-state index in [0.29, 0.717) is 25.6 Å². The molecule has 0 heterocycles. The molecule has 0 bridgehead atoms. The average Bonchev–Trinajstić information content (AvgIpc) is 2.15. The van der Waals surface area contributed by atoms with E-state index in [1.807, 2.05) is 0 Å². The number of carboxylic acids is 1. The molecule has 0 aromatic rings. The van der Waals surface area contributed by atoms with Crippen molar-refractivity contribution in [2.75, 3.05) is 26.2 Å². The van der Waals surface area contributed by atoms with Crippen LogP contribution in [0.3, 0.4) is 0 Å². The van der Waals surface area contributed by atoms with Crippen LogP contribution in [0, 0.1) is 11.8 Å². The van der Waals surface area contributed by atoms with E-state index in [9.17, 15) is 9.59 Å². The fourth-order valence-electron chi connectivity index (χ4n) is 1.63. The van der Waals surface area contributed by atoms with Crippen LogP contribution in [0.1, 0.15) is 27.7 Å². The highest BCUT2D eigenvalue weighted by Gasteiger charge is 2.16. The molecule has 5 heteroatoms. The van der Waals surface area contributed by atoms with Gasteiger partial charge in [0.15, 0.2) is 0 Å². The lowest BCUT2D eigenvalue weighted by molar-refractivity contribution is -0.141. The third-order valence-corrected chi connectivity index (χ3v) is 2.38. The van der Waals surface area contributed by atoms with Crippen molar-refractivity contribution >= 4 is 11.9 Å². The number of carboxylic acid groups (broad SMARTS) is 1. The number of hydrogen-bond donors (Lipinski definition) is 2. The van der Waals surface area contributed by atoms with Crippen LogP contribution in [0.25, 0.3) is 0 Å². The first-order valence-electron chi connectivity index (χ1n) is 6.02. The molecular weight excluding hydrogens is 220 g/mol. The maximum Gasteiger partial charge on any atom is 0.307 e. The van der Waals surface area contributed by atoms with Gasteiger partial charge in [0.05, 0.1) is 5.92 Å². The van der Waals surface area contributed by atoms with Crippen molar-refractivity contribution in [1.82, 2.24) is 10.2 Å². The molecule has 0 saturated heterocycles. The van der Waals surface area contributed by atoms with Gasteiger partial charge in [0, 0.05) is 33.1 Å². The van der Waals surface area contributed by atoms with Crippen LogP contribution in [0.5, 0.6) is 0 Å². The topological polar surface area (TPSA) is 69.6 Å². The Morgan fingerprint density at radius 2 is 1.82 bits per heavy atom. The van der Waals surface area contributed by atoms with Crippen molar-refractivity contribution in [2.24, 2.45) is 11.8 Å². The standard InChI is InChI=1S/C12H24N2O3/c1-9(2)7-14(6-5-13-11(4)15)8-10(3)12(16)17/h9-10H,5-8H2,1-4H3,(H,13,15)(H,16,17). The zero-order valence-electron chi connectivity index (χ0n) is 11.2. The molecule has 0 aliphatic heterocycles. The Morgan fingerprint density at radius 3 is 2.24 bits per heavy atom. The second kappa shape index (κ2) is 8.06. The minimum absolute atomic E-state index is 0.0548. The summed E-state index contributed by atoms with van der Waals surface area (Å²) in [6.07, 6.45) is 0. The van der Waals surface area contributed by atoms with Gasteiger partial charge >= 0.3 is 5.97 Å². The molecule has 1 atom stereocenters. The first kappa shape index (κ1) is 15.9. The summed E-state index contributed by atoms with van der Waals surface area (Å²) >= 11 is 0. The molecule has 0 rings (SSSR count). The zero-order chi connectivity index (χ0) is 13.4. The Kier molecular flexibility index (Phi) is 7.54. The fourth-order valence-corrected chi connectivity index (χ4v) is 1.63. The number of aliphatic carboxylic acids is 1. The predicted molar refractivity (Wildman–Crippen MR) is 66.8 cm³/mol. The van der Waals surface area contributed by atoms with Crippen molar-refractivity contribution in [2.45, 2.75) is 27.7 Å². The lowest BCUT2D eigenvalue weighted by Gasteiger charge is -2.25. The normalized spacial score (nSPS) is 12.8. The molecule has 0 aliphatic carbocycles. The van der Waals surface area contributed by atoms with Crippen LogP contribution >= 0.6 is 0 Å². The number of nitrogens with zero attached hydrogens (tertiary/aromatic N) is 1. The smallest absolute Gasteiger partial charge is 0.307 e. The number of rotatable bonds is 8. The second-order valence-electron chi connectivity index (χ2n) is 4.88. The largest absolute Gasteiger partial charge is 0.481 e. The maximum absolute atomic E-state index is 10.8. The molecule has 2 N–H and O–H groups in total. The zero-order valence-corrected chi connectivity index (χ0v) is 11.2. The number of hydrogen-bond acceptors (Lipinski definition) is 3. The fraction of sp³-hybridized carbons (Fsp3) is 0.833. The molecule has 1 unspecified atom stereocenters. The predicted octanol–water partition coefficient (Wildman–Crippen LogP) is 0.801. The third-order valence-electron chi connectivity index (χ3n) is 2.38. The highest BCUT2D eigenvalue weighted by Crippen LogP contribution is 2.04. The average molecular weight is 244 g/mol. The Bertz CT molecular complexity index is 254. The third kappa shape index (κ3) is 8.68. The van der Waals surface area contributed by atoms with Crippen LogP contribution in [-0.2, 0) is 9.59 Å². The summed E-state index contributed by atoms with van der Waals surface area (Å²) in [6, 6.07) is 0. The van der Waals surface area contributed by atoms with Crippen LogP contribution in [-0.4, -0.2) is 48.1 Å². The molecule has 5 nitrogen and oxygen atoms in total. The monoisotopic (exact) mass is 244 g/mol. The number of carbonyl (C=O) groups is 2. The minimum atomic E-state index is -0.779. The molecule has 17 heavy (non-hydrogen) atoms. The molecule has 0 aromatic heterocycles. The van der Waals surface area contributed by atoms with Crippen LogP contribution in [0.2, 0.25) is 0 Å². The first-order valence-corrected chi connectivity index (χ1v) is 6.02. The Morgan fingerprint density at radius 1 is 1.24 bits per heavy atom. The van der Waals surface area contributed by atoms with Gasteiger partial charge in [0.1, 0.15) is 0 Å². The summed E-state index contributed by atoms with van der Waals surface area (Å²) < 4.78 is 0. The van der Waals surface area contributed by atoms with E-state index < -0.39 is 5.97 Å². The van der Waals surface area contributed by atoms with Gasteiger partial charge < -0.3 is 15.3 Å². The molecule has 0 saturated carbocycles. The summed E-state index contributed by atoms with van der Waals surface area (Å²) in [6.45, 7) is 9.99. The molecule has 0 aromatic carbocycles. The summed E-state index contributed by atoms with van der Waals surface area (Å²) in [7, 11) is 0. The summed E-state index contributed by atoms with van der Waals surface area (Å²) in [5.41, 5.74) is 0. The summed E-state index contributed by atoms with van der Waals surface area (Å²) in [5, 5.41) is 11.6. The van der Waals surface area contributed by atoms with Crippen molar-refractivity contribution in [3.05, 3.63) is 0 Å². The van der Waals surface area contributed by atoms with Gasteiger partial charge in [-0.1, -0.05) is 20.8 Å². The van der Waals surface area contributed by atoms with E-state index in [2.05, 4.69) is 24.1 Å². The number of amides is 1. The van der Waals surface area contributed by atoms with E-state index in [4.69, 9.17) is 5.11 Å². The summed E-state index contributed by atoms with van der Waals surface area (Å²) in [5.74, 6) is -0.738. The van der Waals surface area contributed by atoms with E-state index in [1.165, 1.54) is 6.92 Å². The van der Waals surface area contributed by atoms with Crippen LogP contribution < -0.4 is 5.32 Å². The quantitative estimate of drug-likeness (QED) is 0.662. The van der Waals surface area contributed by atoms with Crippen LogP contribution in [0.4, 0.5) is 0 Å². The van der Waals surface area contributed by atoms with Gasteiger partial charge in [0.25, 0.3) is 0 Å². The molecule has 100 valence electrons. The highest BCUT2D eigenvalue weighted by atomic mass is 16.4. The first-order chi connectivity index (χ1) is 7.82. The lowest BCUT2D eigenvalue weighted by Crippen LogP contribution is -2.39. The Balaban J connectivity index is 4.13. The molecule has 0 spiro atoms. The SMILES string of the molecule is CC(=O)NCCN(CC(C)C)CC(C)C(=O)O. The molecule has 0 fully saturated rings. The maximum atomic E-state index is 10.8. The van der Waals surface area contributed by atoms with E-state index in [1.54, 1.807) is 6.92 Å². The second-order valence-corrected chi connectivity index (χ2v) is 4.88. The van der Waals surface area contributed by atoms with Gasteiger partial charge in [-0.05, 0) is 5.92 Å². The molecule has 1 amide bonds. The number of nitrogens with one attached hydrogen (secondary N) is 1. The van der Waals surface area contributed by atoms with Gasteiger partial charge in [-0.25, -0.2) is 0 Å². The molecule has 0 radical (unpaired) electrons. The highest BCUT2D eigenvalue weighted by molar-refractivity contribution is 5.72.